The summed E-state index contributed by atoms with van der Waals surface area (Å²) in [5.41, 5.74) is 8.26. The van der Waals surface area contributed by atoms with Crippen LogP contribution in [-0.4, -0.2) is 77.5 Å². The lowest BCUT2D eigenvalue weighted by atomic mass is 9.82. The average Bonchev–Trinajstić information content (AvgIpc) is 3.39. The number of amides is 1. The summed E-state index contributed by atoms with van der Waals surface area (Å²) in [7, 11) is 4.27. The van der Waals surface area contributed by atoms with Gasteiger partial charge in [-0.05, 0) is 58.2 Å². The maximum atomic E-state index is 13.3. The van der Waals surface area contributed by atoms with Gasteiger partial charge in [-0.25, -0.2) is 0 Å². The first kappa shape index (κ1) is 21.2. The van der Waals surface area contributed by atoms with Gasteiger partial charge in [-0.15, -0.1) is 0 Å². The summed E-state index contributed by atoms with van der Waals surface area (Å²) in [4.78, 5) is 33.2. The average molecular weight is 428 g/mol. The number of pyridine rings is 1. The van der Waals surface area contributed by atoms with Crippen LogP contribution in [0.2, 0.25) is 0 Å². The summed E-state index contributed by atoms with van der Waals surface area (Å²) < 4.78 is 2.03. The van der Waals surface area contributed by atoms with Gasteiger partial charge >= 0.3 is 0 Å². The standard InChI is InChI=1S/C24H37N5O2/c1-26(2)21-7-8-27(15-21)13-18-4-6-22-19-9-16(12-29(22)24(18)31)11-28(14-19)23(30)17-3-5-20(25)10-17/h4,6,16-17,19-21H,3,5,7-15,25H2,1-2H3/t16-,17+,19+,20-,21+/m0/s1. The molecular weight excluding hydrogens is 390 g/mol. The number of fused-ring (bicyclic) bond motifs is 4. The summed E-state index contributed by atoms with van der Waals surface area (Å²) in [5.74, 6) is 1.05. The maximum absolute atomic E-state index is 13.3. The molecule has 5 rings (SSSR count). The number of nitrogens with zero attached hydrogens (tertiary/aromatic N) is 4. The number of carbonyl (C=O) groups excluding carboxylic acids is 1. The highest BCUT2D eigenvalue weighted by Crippen LogP contribution is 2.37. The van der Waals surface area contributed by atoms with Crippen molar-refractivity contribution < 1.29 is 4.79 Å². The number of rotatable bonds is 4. The molecule has 0 radical (unpaired) electrons. The Morgan fingerprint density at radius 2 is 1.94 bits per heavy atom. The van der Waals surface area contributed by atoms with Crippen LogP contribution >= 0.6 is 0 Å². The van der Waals surface area contributed by atoms with Crippen LogP contribution in [0.3, 0.4) is 0 Å². The Bertz CT molecular complexity index is 896. The van der Waals surface area contributed by atoms with Crippen LogP contribution in [0.15, 0.2) is 16.9 Å². The normalized spacial score (nSPS) is 33.2. The van der Waals surface area contributed by atoms with Crippen LogP contribution < -0.4 is 11.3 Å². The Balaban J connectivity index is 1.30. The van der Waals surface area contributed by atoms with Crippen molar-refractivity contribution in [3.05, 3.63) is 33.7 Å². The van der Waals surface area contributed by atoms with Crippen LogP contribution in [0.4, 0.5) is 0 Å². The Morgan fingerprint density at radius 1 is 1.10 bits per heavy atom. The highest BCUT2D eigenvalue weighted by Gasteiger charge is 2.39. The monoisotopic (exact) mass is 427 g/mol. The van der Waals surface area contributed by atoms with Gasteiger partial charge in [0.15, 0.2) is 0 Å². The fourth-order valence-electron chi connectivity index (χ4n) is 6.41. The summed E-state index contributed by atoms with van der Waals surface area (Å²) in [6.07, 6.45) is 4.97. The number of piperidine rings is 1. The van der Waals surface area contributed by atoms with Crippen LogP contribution in [0.1, 0.15) is 49.3 Å². The number of likely N-dealkylation sites (N-methyl/N-ethyl adjacent to an activating group) is 1. The SMILES string of the molecule is CN(C)[C@@H]1CCN(Cc2ccc3n(c2=O)C[C@H]2C[C@@H]3CN(C(=O)[C@@H]3CC[C@H](N)C3)C2)C1. The molecule has 0 unspecified atom stereocenters. The minimum Gasteiger partial charge on any atom is -0.341 e. The van der Waals surface area contributed by atoms with Gasteiger partial charge in [0, 0.05) is 74.4 Å². The van der Waals surface area contributed by atoms with E-state index in [1.165, 1.54) is 6.42 Å². The van der Waals surface area contributed by atoms with Gasteiger partial charge < -0.3 is 20.1 Å². The molecule has 4 aliphatic rings. The van der Waals surface area contributed by atoms with Crippen molar-refractivity contribution in [2.75, 3.05) is 40.3 Å². The second kappa shape index (κ2) is 8.34. The van der Waals surface area contributed by atoms with E-state index >= 15 is 0 Å². The van der Waals surface area contributed by atoms with Gasteiger partial charge in [-0.3, -0.25) is 14.5 Å². The Kier molecular flexibility index (Phi) is 5.69. The molecule has 1 aromatic rings. The lowest BCUT2D eigenvalue weighted by Crippen LogP contribution is -2.50. The number of nitrogens with two attached hydrogens (primary N) is 1. The van der Waals surface area contributed by atoms with E-state index < -0.39 is 0 Å². The van der Waals surface area contributed by atoms with Gasteiger partial charge in [0.25, 0.3) is 5.56 Å². The first-order valence-electron chi connectivity index (χ1n) is 12.0. The largest absolute Gasteiger partial charge is 0.341 e. The molecule has 0 aromatic carbocycles. The predicted molar refractivity (Wildman–Crippen MR) is 121 cm³/mol. The van der Waals surface area contributed by atoms with Crippen LogP contribution in [0.25, 0.3) is 0 Å². The summed E-state index contributed by atoms with van der Waals surface area (Å²) in [5, 5.41) is 0. The molecule has 2 saturated heterocycles. The lowest BCUT2D eigenvalue weighted by Gasteiger charge is -2.43. The quantitative estimate of drug-likeness (QED) is 0.778. The first-order chi connectivity index (χ1) is 14.9. The van der Waals surface area contributed by atoms with Crippen molar-refractivity contribution in [2.45, 2.75) is 63.2 Å². The molecule has 5 atom stereocenters. The predicted octanol–water partition coefficient (Wildman–Crippen LogP) is 1.06. The fraction of sp³-hybridized carbons (Fsp3) is 0.750. The molecule has 1 saturated carbocycles. The molecule has 2 bridgehead atoms. The summed E-state index contributed by atoms with van der Waals surface area (Å²) in [6, 6.07) is 4.97. The number of carbonyl (C=O) groups is 1. The van der Waals surface area contributed by atoms with E-state index in [9.17, 15) is 9.59 Å². The lowest BCUT2D eigenvalue weighted by molar-refractivity contribution is -0.138. The Morgan fingerprint density at radius 3 is 2.65 bits per heavy atom. The molecule has 2 N–H and O–H groups in total. The minimum atomic E-state index is 0.102. The maximum Gasteiger partial charge on any atom is 0.255 e. The van der Waals surface area contributed by atoms with E-state index in [0.29, 0.717) is 17.9 Å². The van der Waals surface area contributed by atoms with Gasteiger partial charge in [-0.1, -0.05) is 6.07 Å². The third-order valence-corrected chi connectivity index (χ3v) is 8.19. The molecule has 0 spiro atoms. The molecule has 1 aromatic heterocycles. The van der Waals surface area contributed by atoms with Crippen molar-refractivity contribution in [1.29, 1.82) is 0 Å². The van der Waals surface area contributed by atoms with Gasteiger partial charge in [0.1, 0.15) is 0 Å². The zero-order chi connectivity index (χ0) is 21.7. The second-order valence-electron chi connectivity index (χ2n) is 10.7. The van der Waals surface area contributed by atoms with Crippen molar-refractivity contribution in [1.82, 2.24) is 19.3 Å². The molecule has 4 heterocycles. The van der Waals surface area contributed by atoms with Crippen molar-refractivity contribution in [3.8, 4) is 0 Å². The second-order valence-corrected chi connectivity index (χ2v) is 10.7. The molecule has 3 aliphatic heterocycles. The Hall–Kier alpha value is -1.70. The molecule has 1 aliphatic carbocycles. The van der Waals surface area contributed by atoms with Gasteiger partial charge in [0.05, 0.1) is 0 Å². The molecule has 7 nitrogen and oxygen atoms in total. The zero-order valence-corrected chi connectivity index (χ0v) is 19.0. The van der Waals surface area contributed by atoms with Crippen molar-refractivity contribution >= 4 is 5.91 Å². The van der Waals surface area contributed by atoms with E-state index in [1.54, 1.807) is 0 Å². The van der Waals surface area contributed by atoms with E-state index in [4.69, 9.17) is 5.73 Å². The highest BCUT2D eigenvalue weighted by molar-refractivity contribution is 5.79. The molecule has 31 heavy (non-hydrogen) atoms. The van der Waals surface area contributed by atoms with Gasteiger partial charge in [-0.2, -0.15) is 0 Å². The van der Waals surface area contributed by atoms with Crippen LogP contribution in [0.5, 0.6) is 0 Å². The molecule has 3 fully saturated rings. The van der Waals surface area contributed by atoms with E-state index in [0.717, 1.165) is 76.2 Å². The fourth-order valence-corrected chi connectivity index (χ4v) is 6.41. The number of likely N-dealkylation sites (tertiary alicyclic amines) is 2. The van der Waals surface area contributed by atoms with E-state index in [-0.39, 0.29) is 23.4 Å². The van der Waals surface area contributed by atoms with Crippen molar-refractivity contribution in [2.24, 2.45) is 17.6 Å². The highest BCUT2D eigenvalue weighted by atomic mass is 16.2. The summed E-state index contributed by atoms with van der Waals surface area (Å²) >= 11 is 0. The first-order valence-corrected chi connectivity index (χ1v) is 12.0. The number of hydrogen-bond donors (Lipinski definition) is 1. The van der Waals surface area contributed by atoms with E-state index in [2.05, 4.69) is 34.9 Å². The van der Waals surface area contributed by atoms with E-state index in [1.807, 2.05) is 10.6 Å². The molecule has 170 valence electrons. The summed E-state index contributed by atoms with van der Waals surface area (Å²) in [6.45, 7) is 5.10. The topological polar surface area (TPSA) is 74.8 Å². The van der Waals surface area contributed by atoms with Crippen molar-refractivity contribution in [3.63, 3.8) is 0 Å². The van der Waals surface area contributed by atoms with Crippen LogP contribution in [0, 0.1) is 11.8 Å². The molecule has 1 amide bonds. The third-order valence-electron chi connectivity index (χ3n) is 8.19. The smallest absolute Gasteiger partial charge is 0.255 e. The zero-order valence-electron chi connectivity index (χ0n) is 19.0. The third kappa shape index (κ3) is 4.08. The molecular formula is C24H37N5O2. The number of hydrogen-bond acceptors (Lipinski definition) is 5. The minimum absolute atomic E-state index is 0.102. The Labute approximate surface area is 185 Å². The molecule has 7 heteroatoms. The van der Waals surface area contributed by atoms with Crippen LogP contribution in [-0.2, 0) is 17.9 Å². The van der Waals surface area contributed by atoms with Gasteiger partial charge in [0.2, 0.25) is 5.91 Å². The number of aromatic nitrogens is 1.